The normalized spacial score (nSPS) is 10.7. The fourth-order valence-corrected chi connectivity index (χ4v) is 3.39. The molecule has 0 fully saturated rings. The lowest BCUT2D eigenvalue weighted by molar-refractivity contribution is 0.0692. The number of ether oxygens (including phenoxy) is 2. The van der Waals surface area contributed by atoms with Crippen molar-refractivity contribution < 1.29 is 19.4 Å². The summed E-state index contributed by atoms with van der Waals surface area (Å²) in [5.41, 5.74) is 4.30. The highest BCUT2D eigenvalue weighted by atomic mass is 35.5. The van der Waals surface area contributed by atoms with Crippen LogP contribution >= 0.6 is 11.6 Å². The van der Waals surface area contributed by atoms with E-state index in [0.29, 0.717) is 29.9 Å². The Labute approximate surface area is 192 Å². The number of carbonyl (C=O) groups is 1. The Hall–Kier alpha value is -3.32. The number of nitrogens with one attached hydrogen (secondary N) is 1. The van der Waals surface area contributed by atoms with Crippen LogP contribution in [0.4, 0.5) is 5.95 Å². The fraction of sp³-hybridized carbons (Fsp3) is 0.292. The Morgan fingerprint density at radius 3 is 2.25 bits per heavy atom. The Bertz CT molecular complexity index is 1090. The zero-order chi connectivity index (χ0) is 23.3. The van der Waals surface area contributed by atoms with E-state index in [1.807, 2.05) is 39.8 Å². The number of benzene rings is 2. The monoisotopic (exact) mass is 455 g/mol. The molecule has 0 spiro atoms. The van der Waals surface area contributed by atoms with Gasteiger partial charge in [0, 0.05) is 11.2 Å². The summed E-state index contributed by atoms with van der Waals surface area (Å²) in [6.07, 6.45) is 1.28. The molecule has 2 aromatic carbocycles. The predicted octanol–water partition coefficient (Wildman–Crippen LogP) is 5.13. The third-order valence-electron chi connectivity index (χ3n) is 4.73. The second-order valence-electron chi connectivity index (χ2n) is 7.62. The maximum atomic E-state index is 11.6. The van der Waals surface area contributed by atoms with Crippen LogP contribution in [0.15, 0.2) is 36.5 Å². The standard InChI is InChI=1S/C24H26ClN3O4/c1-14-7-15(2)9-18(8-14)31-6-5-26-24-27-12-20(23(29)30)21(28-24)13-32-19-10-16(3)22(25)17(4)11-19/h7-12H,5-6,13H2,1-4H3,(H,29,30)(H,26,27,28). The molecule has 0 radical (unpaired) electrons. The minimum atomic E-state index is -1.11. The van der Waals surface area contributed by atoms with Crippen molar-refractivity contribution in [2.45, 2.75) is 34.3 Å². The zero-order valence-corrected chi connectivity index (χ0v) is 19.3. The first kappa shape index (κ1) is 23.3. The van der Waals surface area contributed by atoms with E-state index in [2.05, 4.69) is 21.4 Å². The lowest BCUT2D eigenvalue weighted by Gasteiger charge is -2.13. The minimum Gasteiger partial charge on any atom is -0.492 e. The van der Waals surface area contributed by atoms with E-state index < -0.39 is 5.97 Å². The van der Waals surface area contributed by atoms with Gasteiger partial charge in [-0.1, -0.05) is 17.7 Å². The van der Waals surface area contributed by atoms with Crippen LogP contribution < -0.4 is 14.8 Å². The summed E-state index contributed by atoms with van der Waals surface area (Å²) in [5, 5.41) is 13.2. The van der Waals surface area contributed by atoms with Gasteiger partial charge in [0.25, 0.3) is 0 Å². The van der Waals surface area contributed by atoms with Gasteiger partial charge < -0.3 is 19.9 Å². The first-order valence-corrected chi connectivity index (χ1v) is 10.5. The van der Waals surface area contributed by atoms with Crippen LogP contribution in [0, 0.1) is 27.7 Å². The fourth-order valence-electron chi connectivity index (χ4n) is 3.28. The second-order valence-corrected chi connectivity index (χ2v) is 8.00. The van der Waals surface area contributed by atoms with Crippen molar-refractivity contribution in [1.82, 2.24) is 9.97 Å². The van der Waals surface area contributed by atoms with Crippen LogP contribution in [0.5, 0.6) is 11.5 Å². The molecule has 1 heterocycles. The number of carboxylic acid groups (broad SMARTS) is 1. The number of halogens is 1. The van der Waals surface area contributed by atoms with Crippen molar-refractivity contribution in [2.24, 2.45) is 0 Å². The van der Waals surface area contributed by atoms with Crippen molar-refractivity contribution in [2.75, 3.05) is 18.5 Å². The number of anilines is 1. The molecular formula is C24H26ClN3O4. The maximum Gasteiger partial charge on any atom is 0.339 e. The van der Waals surface area contributed by atoms with Gasteiger partial charge >= 0.3 is 5.97 Å². The molecule has 0 saturated carbocycles. The summed E-state index contributed by atoms with van der Waals surface area (Å²) in [7, 11) is 0. The van der Waals surface area contributed by atoms with Crippen LogP contribution in [0.3, 0.4) is 0 Å². The molecule has 0 atom stereocenters. The molecule has 0 aliphatic rings. The molecule has 0 saturated heterocycles. The van der Waals surface area contributed by atoms with Gasteiger partial charge in [-0.05, 0) is 74.2 Å². The van der Waals surface area contributed by atoms with E-state index in [1.165, 1.54) is 6.20 Å². The minimum absolute atomic E-state index is 0.00977. The molecule has 3 aromatic rings. The molecular weight excluding hydrogens is 430 g/mol. The highest BCUT2D eigenvalue weighted by molar-refractivity contribution is 6.32. The number of carboxylic acids is 1. The Balaban J connectivity index is 1.64. The van der Waals surface area contributed by atoms with Gasteiger partial charge in [0.15, 0.2) is 0 Å². The molecule has 32 heavy (non-hydrogen) atoms. The molecule has 0 aliphatic heterocycles. The molecule has 0 unspecified atom stereocenters. The number of aromatic carboxylic acids is 1. The summed E-state index contributed by atoms with van der Waals surface area (Å²) >= 11 is 6.20. The summed E-state index contributed by atoms with van der Waals surface area (Å²) in [6, 6.07) is 9.64. The molecule has 0 amide bonds. The lowest BCUT2D eigenvalue weighted by atomic mass is 10.1. The third kappa shape index (κ3) is 6.11. The van der Waals surface area contributed by atoms with Crippen molar-refractivity contribution in [3.05, 3.63) is 75.1 Å². The zero-order valence-electron chi connectivity index (χ0n) is 18.5. The first-order valence-electron chi connectivity index (χ1n) is 10.2. The average Bonchev–Trinajstić information content (AvgIpc) is 2.72. The molecule has 3 rings (SSSR count). The summed E-state index contributed by atoms with van der Waals surface area (Å²) in [5.74, 6) is 0.586. The topological polar surface area (TPSA) is 93.6 Å². The van der Waals surface area contributed by atoms with E-state index in [4.69, 9.17) is 21.1 Å². The van der Waals surface area contributed by atoms with Crippen LogP contribution in [-0.2, 0) is 6.61 Å². The molecule has 8 heteroatoms. The van der Waals surface area contributed by atoms with Crippen molar-refractivity contribution in [3.8, 4) is 11.5 Å². The van der Waals surface area contributed by atoms with Crippen LogP contribution in [0.25, 0.3) is 0 Å². The average molecular weight is 456 g/mol. The molecule has 2 N–H and O–H groups in total. The van der Waals surface area contributed by atoms with Gasteiger partial charge in [0.2, 0.25) is 5.95 Å². The van der Waals surface area contributed by atoms with Gasteiger partial charge in [0.1, 0.15) is 30.3 Å². The molecule has 168 valence electrons. The van der Waals surface area contributed by atoms with Gasteiger partial charge in [-0.25, -0.2) is 14.8 Å². The van der Waals surface area contributed by atoms with E-state index in [9.17, 15) is 9.90 Å². The smallest absolute Gasteiger partial charge is 0.339 e. The maximum absolute atomic E-state index is 11.6. The molecule has 0 aliphatic carbocycles. The van der Waals surface area contributed by atoms with Crippen molar-refractivity contribution >= 4 is 23.5 Å². The quantitative estimate of drug-likeness (QED) is 0.432. The van der Waals surface area contributed by atoms with Crippen LogP contribution in [0.1, 0.15) is 38.3 Å². The Morgan fingerprint density at radius 1 is 1.00 bits per heavy atom. The number of aromatic nitrogens is 2. The van der Waals surface area contributed by atoms with E-state index >= 15 is 0 Å². The summed E-state index contributed by atoms with van der Waals surface area (Å²) in [6.45, 7) is 8.66. The van der Waals surface area contributed by atoms with Crippen molar-refractivity contribution in [1.29, 1.82) is 0 Å². The lowest BCUT2D eigenvalue weighted by Crippen LogP contribution is -2.16. The van der Waals surface area contributed by atoms with Crippen LogP contribution in [0.2, 0.25) is 5.02 Å². The molecule has 7 nitrogen and oxygen atoms in total. The van der Waals surface area contributed by atoms with E-state index in [0.717, 1.165) is 28.0 Å². The molecule has 0 bridgehead atoms. The number of hydrogen-bond donors (Lipinski definition) is 2. The number of aryl methyl sites for hydroxylation is 4. The van der Waals surface area contributed by atoms with Crippen molar-refractivity contribution in [3.63, 3.8) is 0 Å². The van der Waals surface area contributed by atoms with Gasteiger partial charge in [0.05, 0.1) is 12.2 Å². The Morgan fingerprint density at radius 2 is 1.62 bits per heavy atom. The SMILES string of the molecule is Cc1cc(C)cc(OCCNc2ncc(C(=O)O)c(COc3cc(C)c(Cl)c(C)c3)n2)c1. The number of nitrogens with zero attached hydrogens (tertiary/aromatic N) is 2. The molecule has 1 aromatic heterocycles. The second kappa shape index (κ2) is 10.3. The number of hydrogen-bond acceptors (Lipinski definition) is 6. The third-order valence-corrected chi connectivity index (χ3v) is 5.33. The largest absolute Gasteiger partial charge is 0.492 e. The van der Waals surface area contributed by atoms with Gasteiger partial charge in [-0.3, -0.25) is 0 Å². The number of rotatable bonds is 9. The van der Waals surface area contributed by atoms with Crippen LogP contribution in [-0.4, -0.2) is 34.2 Å². The highest BCUT2D eigenvalue weighted by Crippen LogP contribution is 2.26. The highest BCUT2D eigenvalue weighted by Gasteiger charge is 2.15. The first-order chi connectivity index (χ1) is 15.2. The van der Waals surface area contributed by atoms with E-state index in [-0.39, 0.29) is 17.9 Å². The van der Waals surface area contributed by atoms with Gasteiger partial charge in [-0.2, -0.15) is 0 Å². The van der Waals surface area contributed by atoms with Gasteiger partial charge in [-0.15, -0.1) is 0 Å². The summed E-state index contributed by atoms with van der Waals surface area (Å²) in [4.78, 5) is 20.0. The Kier molecular flexibility index (Phi) is 7.53. The van der Waals surface area contributed by atoms with E-state index in [1.54, 1.807) is 12.1 Å². The predicted molar refractivity (Wildman–Crippen MR) is 124 cm³/mol. The summed E-state index contributed by atoms with van der Waals surface area (Å²) < 4.78 is 11.6.